The SMILES string of the molecule is CCCCCCCCCCCCCCCCCCCCCCCCC(=O)OC[C@H](COP(=O)(O)OC[C@@H](O)COP(=O)(O)OC[C@@H](COC(=O)CCCCCCCCC(C)CC)OC(=O)CCCCCCCCCCCCCCCCCCCCCCCC)OC(=O)CCCCCCCCCCCCCCCCCCCCC(C)CC. The van der Waals surface area contributed by atoms with Gasteiger partial charge in [0.25, 0.3) is 0 Å². The van der Waals surface area contributed by atoms with Crippen LogP contribution in [0.3, 0.4) is 0 Å². The summed E-state index contributed by atoms with van der Waals surface area (Å²) in [5.74, 6) is -0.492. The predicted octanol–water partition coefficient (Wildman–Crippen LogP) is 30.5. The molecule has 17 nitrogen and oxygen atoms in total. The highest BCUT2D eigenvalue weighted by molar-refractivity contribution is 7.47. The van der Waals surface area contributed by atoms with Crippen LogP contribution in [-0.2, 0) is 65.4 Å². The molecule has 0 fully saturated rings. The first-order valence-electron chi connectivity index (χ1n) is 50.1. The molecule has 3 N–H and O–H groups in total. The average Bonchev–Trinajstić information content (AvgIpc) is 0.900. The third-order valence-electron chi connectivity index (χ3n) is 23.7. The van der Waals surface area contributed by atoms with Crippen LogP contribution in [0.5, 0.6) is 0 Å². The van der Waals surface area contributed by atoms with Gasteiger partial charge in [-0.15, -0.1) is 0 Å². The van der Waals surface area contributed by atoms with Crippen molar-refractivity contribution >= 4 is 39.5 Å². The fourth-order valence-electron chi connectivity index (χ4n) is 15.3. The molecule has 0 aromatic carbocycles. The number of phosphoric acid groups is 2. The standard InChI is InChI=1S/C97H190O17P2/c1-7-11-13-15-17-19-21-23-25-27-29-31-33-35-40-44-48-52-56-60-67-73-79-94(99)107-85-92(113-96(101)81-75-69-62-58-54-50-46-42-38-37-39-43-47-51-55-59-65-71-77-89(5)9-3)87-111-115(103,104)109-83-91(98)84-110-116(105,106)112-88-93(86-108-95(100)80-74-68-64-63-66-72-78-90(6)10-4)114-97(102)82-76-70-61-57-53-49-45-41-36-34-32-30-28-26-24-22-20-18-16-14-12-8-2/h89-93,98H,7-88H2,1-6H3,(H,103,104)(H,105,106)/t89?,90?,91-,92-,93-/m1/s1. The van der Waals surface area contributed by atoms with Gasteiger partial charge in [0.15, 0.2) is 12.2 Å². The molecule has 0 spiro atoms. The van der Waals surface area contributed by atoms with E-state index in [0.717, 1.165) is 108 Å². The summed E-state index contributed by atoms with van der Waals surface area (Å²) < 4.78 is 69.2. The lowest BCUT2D eigenvalue weighted by Gasteiger charge is -2.21. The number of ether oxygens (including phenoxy) is 4. The highest BCUT2D eigenvalue weighted by atomic mass is 31.2. The van der Waals surface area contributed by atoms with Crippen molar-refractivity contribution in [2.75, 3.05) is 39.6 Å². The Morgan fingerprint density at radius 1 is 0.241 bits per heavy atom. The molecular weight excluding hydrogens is 1500 g/mol. The van der Waals surface area contributed by atoms with Crippen LogP contribution in [0.15, 0.2) is 0 Å². The van der Waals surface area contributed by atoms with Gasteiger partial charge >= 0.3 is 39.5 Å². The first-order chi connectivity index (χ1) is 56.4. The second kappa shape index (κ2) is 87.9. The predicted molar refractivity (Wildman–Crippen MR) is 483 cm³/mol. The van der Waals surface area contributed by atoms with Crippen molar-refractivity contribution in [3.05, 3.63) is 0 Å². The van der Waals surface area contributed by atoms with Gasteiger partial charge in [-0.2, -0.15) is 0 Å². The molecule has 0 aliphatic carbocycles. The van der Waals surface area contributed by atoms with Crippen LogP contribution < -0.4 is 0 Å². The van der Waals surface area contributed by atoms with Crippen molar-refractivity contribution in [1.82, 2.24) is 0 Å². The molecule has 7 atom stereocenters. The molecule has 0 rings (SSSR count). The van der Waals surface area contributed by atoms with E-state index in [9.17, 15) is 43.2 Å². The van der Waals surface area contributed by atoms with E-state index in [1.165, 1.54) is 340 Å². The maximum atomic E-state index is 13.2. The second-order valence-corrected chi connectivity index (χ2v) is 38.2. The van der Waals surface area contributed by atoms with Crippen LogP contribution in [0, 0.1) is 11.8 Å². The van der Waals surface area contributed by atoms with Crippen LogP contribution in [0.25, 0.3) is 0 Å². The summed E-state index contributed by atoms with van der Waals surface area (Å²) in [5.41, 5.74) is 0. The molecule has 0 aromatic heterocycles. The fraction of sp³-hybridized carbons (Fsp3) is 0.959. The van der Waals surface area contributed by atoms with E-state index in [1.807, 2.05) is 0 Å². The minimum atomic E-state index is -4.97. The lowest BCUT2D eigenvalue weighted by molar-refractivity contribution is -0.161. The number of carbonyl (C=O) groups excluding carboxylic acids is 4. The number of rotatable bonds is 96. The summed E-state index contributed by atoms with van der Waals surface area (Å²) >= 11 is 0. The lowest BCUT2D eigenvalue weighted by atomic mass is 9.99. The molecule has 4 unspecified atom stereocenters. The van der Waals surface area contributed by atoms with Crippen LogP contribution in [0.4, 0.5) is 0 Å². The number of phosphoric ester groups is 2. The fourth-order valence-corrected chi connectivity index (χ4v) is 16.9. The number of hydrogen-bond donors (Lipinski definition) is 3. The highest BCUT2D eigenvalue weighted by Gasteiger charge is 2.31. The number of aliphatic hydroxyl groups is 1. The molecule has 0 aromatic rings. The van der Waals surface area contributed by atoms with Gasteiger partial charge < -0.3 is 33.8 Å². The van der Waals surface area contributed by atoms with E-state index in [4.69, 9.17) is 37.0 Å². The van der Waals surface area contributed by atoms with E-state index >= 15 is 0 Å². The zero-order valence-electron chi connectivity index (χ0n) is 76.8. The monoisotopic (exact) mass is 1690 g/mol. The molecule has 0 aliphatic heterocycles. The van der Waals surface area contributed by atoms with Crippen molar-refractivity contribution in [1.29, 1.82) is 0 Å². The number of aliphatic hydroxyl groups excluding tert-OH is 1. The normalized spacial score (nSPS) is 14.1. The molecule has 19 heteroatoms. The molecule has 0 heterocycles. The van der Waals surface area contributed by atoms with Gasteiger partial charge in [-0.25, -0.2) is 9.13 Å². The minimum absolute atomic E-state index is 0.108. The van der Waals surface area contributed by atoms with Gasteiger partial charge in [0.2, 0.25) is 0 Å². The maximum absolute atomic E-state index is 13.2. The zero-order valence-corrected chi connectivity index (χ0v) is 78.6. The Bertz CT molecular complexity index is 2210. The summed E-state index contributed by atoms with van der Waals surface area (Å²) in [4.78, 5) is 73.6. The first-order valence-corrected chi connectivity index (χ1v) is 53.1. The Labute approximate surface area is 715 Å². The van der Waals surface area contributed by atoms with Gasteiger partial charge in [-0.05, 0) is 37.5 Å². The van der Waals surface area contributed by atoms with Gasteiger partial charge in [-0.3, -0.25) is 37.3 Å². The maximum Gasteiger partial charge on any atom is 0.472 e. The molecule has 0 saturated carbocycles. The number of unbranched alkanes of at least 4 members (excludes halogenated alkanes) is 64. The van der Waals surface area contributed by atoms with Crippen molar-refractivity contribution in [2.24, 2.45) is 11.8 Å². The Morgan fingerprint density at radius 3 is 0.612 bits per heavy atom. The average molecular weight is 1690 g/mol. The topological polar surface area (TPSA) is 237 Å². The molecule has 0 amide bonds. The molecule has 0 radical (unpaired) electrons. The molecule has 116 heavy (non-hydrogen) atoms. The zero-order chi connectivity index (χ0) is 84.8. The number of carbonyl (C=O) groups is 4. The van der Waals surface area contributed by atoms with Crippen molar-refractivity contribution < 1.29 is 80.2 Å². The van der Waals surface area contributed by atoms with Crippen molar-refractivity contribution in [3.8, 4) is 0 Å². The lowest BCUT2D eigenvalue weighted by Crippen LogP contribution is -2.30. The third-order valence-corrected chi connectivity index (χ3v) is 25.6. The first kappa shape index (κ1) is 114. The molecule has 0 saturated heterocycles. The quantitative estimate of drug-likeness (QED) is 0.0222. The van der Waals surface area contributed by atoms with Crippen LogP contribution in [-0.4, -0.2) is 96.7 Å². The van der Waals surface area contributed by atoms with E-state index in [-0.39, 0.29) is 25.7 Å². The highest BCUT2D eigenvalue weighted by Crippen LogP contribution is 2.45. The Balaban J connectivity index is 5.20. The Morgan fingerprint density at radius 2 is 0.414 bits per heavy atom. The summed E-state index contributed by atoms with van der Waals surface area (Å²) in [5, 5.41) is 10.7. The summed E-state index contributed by atoms with van der Waals surface area (Å²) in [6.45, 7) is 9.76. The number of esters is 4. The smallest absolute Gasteiger partial charge is 0.462 e. The van der Waals surface area contributed by atoms with E-state index in [2.05, 4.69) is 41.5 Å². The van der Waals surface area contributed by atoms with Gasteiger partial charge in [0, 0.05) is 25.7 Å². The van der Waals surface area contributed by atoms with Crippen LogP contribution in [0.2, 0.25) is 0 Å². The second-order valence-electron chi connectivity index (χ2n) is 35.3. The summed E-state index contributed by atoms with van der Waals surface area (Å²) in [6, 6.07) is 0. The Hall–Kier alpha value is -1.94. The van der Waals surface area contributed by atoms with Crippen LogP contribution in [0.1, 0.15) is 530 Å². The molecule has 690 valence electrons. The summed E-state index contributed by atoms with van der Waals surface area (Å²) in [6.07, 6.45) is 85.1. The largest absolute Gasteiger partial charge is 0.472 e. The summed E-state index contributed by atoms with van der Waals surface area (Å²) in [7, 11) is -9.94. The van der Waals surface area contributed by atoms with E-state index < -0.39 is 97.5 Å². The molecular formula is C97H190O17P2. The molecule has 0 bridgehead atoms. The van der Waals surface area contributed by atoms with Crippen molar-refractivity contribution in [3.63, 3.8) is 0 Å². The Kier molecular flexibility index (Phi) is 86.5. The molecule has 0 aliphatic rings. The third kappa shape index (κ3) is 87.0. The number of hydrogen-bond acceptors (Lipinski definition) is 15. The van der Waals surface area contributed by atoms with Crippen molar-refractivity contribution in [2.45, 2.75) is 548 Å². The van der Waals surface area contributed by atoms with Crippen LogP contribution >= 0.6 is 15.6 Å². The van der Waals surface area contributed by atoms with Gasteiger partial charge in [0.1, 0.15) is 19.3 Å². The van der Waals surface area contributed by atoms with Gasteiger partial charge in [0.05, 0.1) is 26.4 Å². The van der Waals surface area contributed by atoms with E-state index in [0.29, 0.717) is 25.7 Å². The minimum Gasteiger partial charge on any atom is -0.462 e. The van der Waals surface area contributed by atoms with E-state index in [1.54, 1.807) is 0 Å². The van der Waals surface area contributed by atoms with Gasteiger partial charge in [-0.1, -0.05) is 478 Å².